The Hall–Kier alpha value is -2.97. The highest BCUT2D eigenvalue weighted by molar-refractivity contribution is 7.20. The number of aromatic nitrogens is 2. The molecule has 0 radical (unpaired) electrons. The lowest BCUT2D eigenvalue weighted by atomic mass is 10.0. The van der Waals surface area contributed by atoms with E-state index in [-0.39, 0.29) is 5.91 Å². The van der Waals surface area contributed by atoms with Crippen molar-refractivity contribution in [3.63, 3.8) is 0 Å². The van der Waals surface area contributed by atoms with E-state index in [2.05, 4.69) is 20.2 Å². The zero-order valence-electron chi connectivity index (χ0n) is 16.6. The predicted octanol–water partition coefficient (Wildman–Crippen LogP) is 4.19. The van der Waals surface area contributed by atoms with Gasteiger partial charge in [-0.3, -0.25) is 9.69 Å². The van der Waals surface area contributed by atoms with Crippen LogP contribution in [0.3, 0.4) is 0 Å². The standard InChI is InChI=1S/C22H22N4O3S/c1-23-20(27)9-14-6-8-26(11-14)12-15-13-28-18-10-16(4-5-17(15)18)29-22-25-21-19(30-22)3-2-7-24-21/h2-5,7,10,13-14H,6,8-9,11-12H2,1H3,(H,23,27). The van der Waals surface area contributed by atoms with Crippen LogP contribution >= 0.6 is 11.3 Å². The van der Waals surface area contributed by atoms with Gasteiger partial charge in [0, 0.05) is 49.8 Å². The maximum atomic E-state index is 11.6. The van der Waals surface area contributed by atoms with E-state index in [0.29, 0.717) is 28.9 Å². The van der Waals surface area contributed by atoms with E-state index in [1.54, 1.807) is 13.2 Å². The van der Waals surface area contributed by atoms with Crippen molar-refractivity contribution in [2.75, 3.05) is 20.1 Å². The van der Waals surface area contributed by atoms with Crippen LogP contribution in [0.1, 0.15) is 18.4 Å². The minimum absolute atomic E-state index is 0.118. The van der Waals surface area contributed by atoms with E-state index in [0.717, 1.165) is 47.3 Å². The summed E-state index contributed by atoms with van der Waals surface area (Å²) in [5.41, 5.74) is 2.64. The molecule has 1 aliphatic rings. The Morgan fingerprint density at radius 2 is 2.33 bits per heavy atom. The van der Waals surface area contributed by atoms with Crippen molar-refractivity contribution in [1.82, 2.24) is 20.2 Å². The molecule has 0 aliphatic carbocycles. The van der Waals surface area contributed by atoms with Crippen molar-refractivity contribution in [2.24, 2.45) is 5.92 Å². The van der Waals surface area contributed by atoms with Crippen LogP contribution in [0.2, 0.25) is 0 Å². The van der Waals surface area contributed by atoms with Crippen LogP contribution in [0.15, 0.2) is 47.2 Å². The van der Waals surface area contributed by atoms with Crippen LogP contribution in [-0.4, -0.2) is 40.9 Å². The Morgan fingerprint density at radius 1 is 1.40 bits per heavy atom. The summed E-state index contributed by atoms with van der Waals surface area (Å²) >= 11 is 1.47. The lowest BCUT2D eigenvalue weighted by molar-refractivity contribution is -0.121. The van der Waals surface area contributed by atoms with Crippen molar-refractivity contribution in [3.8, 4) is 10.9 Å². The Balaban J connectivity index is 1.27. The van der Waals surface area contributed by atoms with Gasteiger partial charge in [-0.2, -0.15) is 4.98 Å². The fourth-order valence-corrected chi connectivity index (χ4v) is 4.77. The molecule has 7 nitrogen and oxygen atoms in total. The van der Waals surface area contributed by atoms with Gasteiger partial charge in [0.1, 0.15) is 11.3 Å². The first-order valence-electron chi connectivity index (χ1n) is 10.0. The zero-order chi connectivity index (χ0) is 20.5. The van der Waals surface area contributed by atoms with Gasteiger partial charge in [0.25, 0.3) is 5.19 Å². The number of benzene rings is 1. The van der Waals surface area contributed by atoms with Crippen LogP contribution in [-0.2, 0) is 11.3 Å². The number of nitrogens with zero attached hydrogens (tertiary/aromatic N) is 3. The van der Waals surface area contributed by atoms with Crippen LogP contribution in [0.25, 0.3) is 21.3 Å². The van der Waals surface area contributed by atoms with E-state index in [1.165, 1.54) is 11.3 Å². The van der Waals surface area contributed by atoms with Gasteiger partial charge in [-0.05, 0) is 43.1 Å². The highest BCUT2D eigenvalue weighted by atomic mass is 32.1. The van der Waals surface area contributed by atoms with E-state index in [4.69, 9.17) is 9.15 Å². The maximum Gasteiger partial charge on any atom is 0.281 e. The summed E-state index contributed by atoms with van der Waals surface area (Å²) in [6.45, 7) is 2.76. The van der Waals surface area contributed by atoms with Crippen molar-refractivity contribution in [2.45, 2.75) is 19.4 Å². The third kappa shape index (κ3) is 3.88. The number of carbonyl (C=O) groups excluding carboxylic acids is 1. The molecule has 8 heteroatoms. The van der Waals surface area contributed by atoms with Crippen LogP contribution in [0, 0.1) is 5.92 Å². The molecule has 154 valence electrons. The van der Waals surface area contributed by atoms with Gasteiger partial charge < -0.3 is 14.5 Å². The smallest absolute Gasteiger partial charge is 0.281 e. The van der Waals surface area contributed by atoms with Gasteiger partial charge in [-0.15, -0.1) is 0 Å². The number of amides is 1. The molecule has 4 aromatic rings. The Bertz CT molecular complexity index is 1170. The van der Waals surface area contributed by atoms with Crippen molar-refractivity contribution < 1.29 is 13.9 Å². The van der Waals surface area contributed by atoms with E-state index in [9.17, 15) is 4.79 Å². The van der Waals surface area contributed by atoms with E-state index in [1.807, 2.05) is 36.6 Å². The third-order valence-electron chi connectivity index (χ3n) is 5.49. The minimum atomic E-state index is 0.118. The summed E-state index contributed by atoms with van der Waals surface area (Å²) in [6.07, 6.45) is 5.20. The molecule has 30 heavy (non-hydrogen) atoms. The summed E-state index contributed by atoms with van der Waals surface area (Å²) in [7, 11) is 1.69. The fourth-order valence-electron chi connectivity index (χ4n) is 3.97. The molecular formula is C22H22N4O3S. The quantitative estimate of drug-likeness (QED) is 0.502. The van der Waals surface area contributed by atoms with Gasteiger partial charge in [0.05, 0.1) is 11.0 Å². The number of hydrogen-bond donors (Lipinski definition) is 1. The van der Waals surface area contributed by atoms with E-state index < -0.39 is 0 Å². The second-order valence-electron chi connectivity index (χ2n) is 7.59. The van der Waals surface area contributed by atoms with Crippen LogP contribution in [0.5, 0.6) is 10.9 Å². The Kier molecular flexibility index (Phi) is 5.10. The number of ether oxygens (including phenoxy) is 1. The third-order valence-corrected chi connectivity index (χ3v) is 6.38. The first kappa shape index (κ1) is 19.0. The number of likely N-dealkylation sites (tertiary alicyclic amines) is 1. The summed E-state index contributed by atoms with van der Waals surface area (Å²) in [4.78, 5) is 22.7. The molecule has 4 heterocycles. The molecule has 1 unspecified atom stereocenters. The molecule has 0 saturated carbocycles. The van der Waals surface area contributed by atoms with Gasteiger partial charge in [-0.25, -0.2) is 4.98 Å². The molecule has 3 aromatic heterocycles. The number of hydrogen-bond acceptors (Lipinski definition) is 7. The second-order valence-corrected chi connectivity index (χ2v) is 8.59. The number of thiazole rings is 1. The fraction of sp³-hybridized carbons (Fsp3) is 0.318. The number of carbonyl (C=O) groups is 1. The number of furan rings is 1. The second kappa shape index (κ2) is 8.04. The van der Waals surface area contributed by atoms with Gasteiger partial charge >= 0.3 is 0 Å². The summed E-state index contributed by atoms with van der Waals surface area (Å²) in [6, 6.07) is 9.75. The zero-order valence-corrected chi connectivity index (χ0v) is 17.4. The maximum absolute atomic E-state index is 11.6. The highest BCUT2D eigenvalue weighted by Gasteiger charge is 2.25. The summed E-state index contributed by atoms with van der Waals surface area (Å²) < 4.78 is 12.7. The highest BCUT2D eigenvalue weighted by Crippen LogP contribution is 2.33. The molecule has 0 bridgehead atoms. The normalized spacial score (nSPS) is 17.0. The molecule has 1 amide bonds. The first-order chi connectivity index (χ1) is 14.7. The van der Waals surface area contributed by atoms with Gasteiger partial charge in [0.15, 0.2) is 5.65 Å². The molecule has 1 aliphatic heterocycles. The number of pyridine rings is 1. The molecule has 1 fully saturated rings. The lowest BCUT2D eigenvalue weighted by Gasteiger charge is -2.15. The first-order valence-corrected chi connectivity index (χ1v) is 10.8. The van der Waals surface area contributed by atoms with Crippen molar-refractivity contribution in [3.05, 3.63) is 48.4 Å². The molecule has 5 rings (SSSR count). The van der Waals surface area contributed by atoms with Crippen LogP contribution < -0.4 is 10.1 Å². The molecule has 1 N–H and O–H groups in total. The average Bonchev–Trinajstić information content (AvgIpc) is 3.46. The Morgan fingerprint density at radius 3 is 3.20 bits per heavy atom. The summed E-state index contributed by atoms with van der Waals surface area (Å²) in [5.74, 6) is 1.23. The summed E-state index contributed by atoms with van der Waals surface area (Å²) in [5, 5.41) is 4.37. The topological polar surface area (TPSA) is 80.5 Å². The number of fused-ring (bicyclic) bond motifs is 2. The molecule has 1 atom stereocenters. The lowest BCUT2D eigenvalue weighted by Crippen LogP contribution is -2.24. The molecule has 0 spiro atoms. The van der Waals surface area contributed by atoms with Gasteiger partial charge in [-0.1, -0.05) is 11.3 Å². The van der Waals surface area contributed by atoms with E-state index >= 15 is 0 Å². The number of nitrogens with one attached hydrogen (secondary N) is 1. The van der Waals surface area contributed by atoms with Crippen molar-refractivity contribution in [1.29, 1.82) is 0 Å². The largest absolute Gasteiger partial charge is 0.464 e. The van der Waals surface area contributed by atoms with Gasteiger partial charge in [0.2, 0.25) is 5.91 Å². The van der Waals surface area contributed by atoms with Crippen molar-refractivity contribution >= 4 is 38.6 Å². The molecule has 1 saturated heterocycles. The average molecular weight is 423 g/mol. The number of rotatable bonds is 6. The minimum Gasteiger partial charge on any atom is -0.464 e. The predicted molar refractivity (Wildman–Crippen MR) is 116 cm³/mol. The monoisotopic (exact) mass is 422 g/mol. The molecule has 1 aromatic carbocycles. The SMILES string of the molecule is CNC(=O)CC1CCN(Cc2coc3cc(Oc4nc5ncccc5s4)ccc23)C1. The Labute approximate surface area is 177 Å². The van der Waals surface area contributed by atoms with Crippen LogP contribution in [0.4, 0.5) is 0 Å². The molecular weight excluding hydrogens is 400 g/mol.